The Morgan fingerprint density at radius 2 is 2.11 bits per heavy atom. The molecule has 18 heavy (non-hydrogen) atoms. The summed E-state index contributed by atoms with van der Waals surface area (Å²) in [6, 6.07) is 3.49. The molecule has 1 aliphatic heterocycles. The second-order valence-electron chi connectivity index (χ2n) is 4.25. The Kier molecular flexibility index (Phi) is 4.17. The van der Waals surface area contributed by atoms with Crippen LogP contribution in [-0.2, 0) is 12.7 Å². The molecule has 1 unspecified atom stereocenters. The maximum absolute atomic E-state index is 13.1. The van der Waals surface area contributed by atoms with Crippen LogP contribution in [0.25, 0.3) is 0 Å². The summed E-state index contributed by atoms with van der Waals surface area (Å²) < 4.78 is 50.6. The Balaban J connectivity index is 2.04. The van der Waals surface area contributed by atoms with Crippen LogP contribution in [0.3, 0.4) is 0 Å². The van der Waals surface area contributed by atoms with Gasteiger partial charge in [-0.15, -0.1) is 0 Å². The van der Waals surface area contributed by atoms with Crippen molar-refractivity contribution >= 4 is 11.8 Å². The van der Waals surface area contributed by atoms with Gasteiger partial charge in [0.05, 0.1) is 5.56 Å². The lowest BCUT2D eigenvalue weighted by Crippen LogP contribution is -2.28. The van der Waals surface area contributed by atoms with Crippen molar-refractivity contribution in [3.63, 3.8) is 0 Å². The molecule has 0 amide bonds. The molecule has 2 rings (SSSR count). The number of rotatable bonds is 3. The van der Waals surface area contributed by atoms with Crippen molar-refractivity contribution in [1.29, 1.82) is 0 Å². The number of hydrogen-bond acceptors (Lipinski definition) is 2. The Bertz CT molecular complexity index is 413. The van der Waals surface area contributed by atoms with Crippen LogP contribution >= 0.6 is 11.8 Å². The molecule has 6 heteroatoms. The Morgan fingerprint density at radius 1 is 1.33 bits per heavy atom. The van der Waals surface area contributed by atoms with Crippen molar-refractivity contribution in [1.82, 2.24) is 5.32 Å². The molecule has 0 spiro atoms. The minimum atomic E-state index is -4.64. The van der Waals surface area contributed by atoms with Gasteiger partial charge in [-0.3, -0.25) is 0 Å². The van der Waals surface area contributed by atoms with E-state index in [1.807, 2.05) is 11.8 Å². The van der Waals surface area contributed by atoms with Gasteiger partial charge in [0.15, 0.2) is 0 Å². The highest BCUT2D eigenvalue weighted by atomic mass is 32.2. The predicted octanol–water partition coefficient (Wildman–Crippen LogP) is 3.44. The quantitative estimate of drug-likeness (QED) is 0.851. The average Bonchev–Trinajstić information content (AvgIpc) is 2.79. The third-order valence-electron chi connectivity index (χ3n) is 2.86. The van der Waals surface area contributed by atoms with Crippen molar-refractivity contribution < 1.29 is 17.6 Å². The summed E-state index contributed by atoms with van der Waals surface area (Å²) in [5, 5.41) is 3.19. The zero-order chi connectivity index (χ0) is 13.2. The first kappa shape index (κ1) is 13.7. The number of thioether (sulfide) groups is 1. The molecule has 1 aromatic rings. The molecule has 0 radical (unpaired) electrons. The van der Waals surface area contributed by atoms with Gasteiger partial charge in [0.2, 0.25) is 0 Å². The van der Waals surface area contributed by atoms with Gasteiger partial charge < -0.3 is 5.32 Å². The van der Waals surface area contributed by atoms with Crippen molar-refractivity contribution in [3.05, 3.63) is 35.1 Å². The molecule has 0 aromatic heterocycles. The van der Waals surface area contributed by atoms with Gasteiger partial charge in [-0.25, -0.2) is 4.39 Å². The molecule has 1 aliphatic rings. The third kappa shape index (κ3) is 3.38. The number of alkyl halides is 3. The molecule has 1 heterocycles. The smallest absolute Gasteiger partial charge is 0.309 e. The van der Waals surface area contributed by atoms with Gasteiger partial charge >= 0.3 is 6.18 Å². The first-order chi connectivity index (χ1) is 8.47. The zero-order valence-corrected chi connectivity index (χ0v) is 10.4. The van der Waals surface area contributed by atoms with Crippen molar-refractivity contribution in [3.8, 4) is 0 Å². The molecule has 0 saturated carbocycles. The zero-order valence-electron chi connectivity index (χ0n) is 9.56. The summed E-state index contributed by atoms with van der Waals surface area (Å²) in [5.74, 6) is 0.838. The van der Waals surface area contributed by atoms with E-state index < -0.39 is 17.6 Å². The number of benzene rings is 1. The average molecular weight is 279 g/mol. The van der Waals surface area contributed by atoms with E-state index in [2.05, 4.69) is 5.32 Å². The molecule has 1 aromatic carbocycles. The molecule has 1 fully saturated rings. The Morgan fingerprint density at radius 3 is 2.72 bits per heavy atom. The highest BCUT2D eigenvalue weighted by molar-refractivity contribution is 7.99. The van der Waals surface area contributed by atoms with Crippen LogP contribution < -0.4 is 5.32 Å². The molecule has 0 bridgehead atoms. The topological polar surface area (TPSA) is 12.0 Å². The molecule has 0 aliphatic carbocycles. The second-order valence-corrected chi connectivity index (χ2v) is 5.40. The van der Waals surface area contributed by atoms with Crippen LogP contribution in [0.4, 0.5) is 17.6 Å². The summed E-state index contributed by atoms with van der Waals surface area (Å²) in [6.07, 6.45) is -3.61. The summed E-state index contributed by atoms with van der Waals surface area (Å²) in [7, 11) is 0. The van der Waals surface area contributed by atoms with Gasteiger partial charge in [-0.05, 0) is 29.9 Å². The predicted molar refractivity (Wildman–Crippen MR) is 64.0 cm³/mol. The van der Waals surface area contributed by atoms with E-state index >= 15 is 0 Å². The summed E-state index contributed by atoms with van der Waals surface area (Å²) in [5.41, 5.74) is -0.733. The summed E-state index contributed by atoms with van der Waals surface area (Å²) in [4.78, 5) is 0. The number of nitrogens with one attached hydrogen (secondary N) is 1. The molecular weight excluding hydrogens is 266 g/mol. The molecule has 1 atom stereocenters. The normalized spacial score (nSPS) is 20.3. The van der Waals surface area contributed by atoms with E-state index in [0.29, 0.717) is 18.2 Å². The van der Waals surface area contributed by atoms with Gasteiger partial charge in [-0.2, -0.15) is 24.9 Å². The first-order valence-corrected chi connectivity index (χ1v) is 6.79. The van der Waals surface area contributed by atoms with E-state index in [1.54, 1.807) is 0 Å². The minimum absolute atomic E-state index is 0.342. The fourth-order valence-corrected chi connectivity index (χ4v) is 3.04. The maximum atomic E-state index is 13.1. The van der Waals surface area contributed by atoms with Gasteiger partial charge in [0.1, 0.15) is 5.82 Å². The largest absolute Gasteiger partial charge is 0.419 e. The van der Waals surface area contributed by atoms with Crippen molar-refractivity contribution in [2.75, 3.05) is 11.5 Å². The first-order valence-electron chi connectivity index (χ1n) is 5.63. The van der Waals surface area contributed by atoms with Crippen LogP contribution in [0, 0.1) is 5.82 Å². The standard InChI is InChI=1S/C12H13F4NS/c13-11-2-1-8(5-10(11)12(14,15)16)6-17-9-3-4-18-7-9/h1-2,5,9,17H,3-4,6-7H2. The van der Waals surface area contributed by atoms with Crippen LogP contribution in [0.2, 0.25) is 0 Å². The summed E-state index contributed by atoms with van der Waals surface area (Å²) >= 11 is 1.82. The lowest BCUT2D eigenvalue weighted by Gasteiger charge is -2.13. The fourth-order valence-electron chi connectivity index (χ4n) is 1.86. The summed E-state index contributed by atoms with van der Waals surface area (Å²) in [6.45, 7) is 0.342. The molecule has 1 saturated heterocycles. The van der Waals surface area contributed by atoms with Gasteiger partial charge in [0.25, 0.3) is 0 Å². The number of halogens is 4. The van der Waals surface area contributed by atoms with Gasteiger partial charge in [0, 0.05) is 18.3 Å². The highest BCUT2D eigenvalue weighted by Gasteiger charge is 2.34. The van der Waals surface area contributed by atoms with E-state index in [4.69, 9.17) is 0 Å². The van der Waals surface area contributed by atoms with Gasteiger partial charge in [-0.1, -0.05) is 6.07 Å². The van der Waals surface area contributed by atoms with E-state index in [-0.39, 0.29) is 0 Å². The molecule has 100 valence electrons. The van der Waals surface area contributed by atoms with Crippen molar-refractivity contribution in [2.24, 2.45) is 0 Å². The Hall–Kier alpha value is -0.750. The third-order valence-corrected chi connectivity index (χ3v) is 4.02. The molecule has 1 nitrogen and oxygen atoms in total. The van der Waals surface area contributed by atoms with E-state index in [1.165, 1.54) is 6.07 Å². The minimum Gasteiger partial charge on any atom is -0.309 e. The molecular formula is C12H13F4NS. The van der Waals surface area contributed by atoms with Crippen molar-refractivity contribution in [2.45, 2.75) is 25.2 Å². The number of hydrogen-bond donors (Lipinski definition) is 1. The SMILES string of the molecule is Fc1ccc(CNC2CCSC2)cc1C(F)(F)F. The monoisotopic (exact) mass is 279 g/mol. The molecule has 1 N–H and O–H groups in total. The lowest BCUT2D eigenvalue weighted by atomic mass is 10.1. The fraction of sp³-hybridized carbons (Fsp3) is 0.500. The second kappa shape index (κ2) is 5.48. The lowest BCUT2D eigenvalue weighted by molar-refractivity contribution is -0.140. The van der Waals surface area contributed by atoms with E-state index in [0.717, 1.165) is 30.1 Å². The Labute approximate surface area is 107 Å². The van der Waals surface area contributed by atoms with Crippen LogP contribution in [-0.4, -0.2) is 17.5 Å². The maximum Gasteiger partial charge on any atom is 0.419 e. The van der Waals surface area contributed by atoms with E-state index in [9.17, 15) is 17.6 Å². The van der Waals surface area contributed by atoms with Crippen LogP contribution in [0.1, 0.15) is 17.5 Å². The highest BCUT2D eigenvalue weighted by Crippen LogP contribution is 2.31. The van der Waals surface area contributed by atoms with Crippen LogP contribution in [0.5, 0.6) is 0 Å². The van der Waals surface area contributed by atoms with Crippen LogP contribution in [0.15, 0.2) is 18.2 Å².